The summed E-state index contributed by atoms with van der Waals surface area (Å²) in [6.07, 6.45) is 2.31. The number of aliphatic hydroxyl groups excluding tert-OH is 1. The van der Waals surface area contributed by atoms with Crippen LogP contribution >= 0.6 is 0 Å². The van der Waals surface area contributed by atoms with E-state index in [1.165, 1.54) is 18.5 Å². The summed E-state index contributed by atoms with van der Waals surface area (Å²) in [7, 11) is 0. The van der Waals surface area contributed by atoms with Crippen LogP contribution in [0, 0.1) is 0 Å². The molecule has 0 aliphatic heterocycles. The van der Waals surface area contributed by atoms with E-state index in [4.69, 9.17) is 10.2 Å². The van der Waals surface area contributed by atoms with E-state index in [1.807, 2.05) is 0 Å². The van der Waals surface area contributed by atoms with Crippen LogP contribution in [0.15, 0.2) is 18.5 Å². The van der Waals surface area contributed by atoms with Gasteiger partial charge in [-0.25, -0.2) is 4.79 Å². The Labute approximate surface area is 81.4 Å². The minimum atomic E-state index is -1.01. The number of aliphatic hydroxyl groups is 1. The highest BCUT2D eigenvalue weighted by atomic mass is 16.4. The molecule has 5 heteroatoms. The van der Waals surface area contributed by atoms with Gasteiger partial charge in [0.1, 0.15) is 0 Å². The Morgan fingerprint density at radius 2 is 2.43 bits per heavy atom. The van der Waals surface area contributed by atoms with Gasteiger partial charge in [0.2, 0.25) is 0 Å². The minimum absolute atomic E-state index is 0.153. The maximum atomic E-state index is 10.7. The molecule has 0 aromatic carbocycles. The minimum Gasteiger partial charge on any atom is -0.478 e. The quantitative estimate of drug-likeness (QED) is 0.655. The van der Waals surface area contributed by atoms with E-state index in [1.54, 1.807) is 6.92 Å². The molecule has 0 fully saturated rings. The van der Waals surface area contributed by atoms with E-state index in [0.29, 0.717) is 12.2 Å². The lowest BCUT2D eigenvalue weighted by molar-refractivity contribution is 0.0697. The third-order valence-electron chi connectivity index (χ3n) is 1.64. The summed E-state index contributed by atoms with van der Waals surface area (Å²) >= 11 is 0. The molecule has 1 aromatic heterocycles. The summed E-state index contributed by atoms with van der Waals surface area (Å²) in [4.78, 5) is 14.5. The van der Waals surface area contributed by atoms with Crippen LogP contribution in [0.5, 0.6) is 0 Å². The van der Waals surface area contributed by atoms with Crippen molar-refractivity contribution in [2.75, 3.05) is 11.9 Å². The van der Waals surface area contributed by atoms with Gasteiger partial charge < -0.3 is 15.5 Å². The summed E-state index contributed by atoms with van der Waals surface area (Å²) < 4.78 is 0. The molecular weight excluding hydrogens is 184 g/mol. The van der Waals surface area contributed by atoms with Crippen molar-refractivity contribution in [1.82, 2.24) is 4.98 Å². The zero-order valence-corrected chi connectivity index (χ0v) is 7.77. The first-order chi connectivity index (χ1) is 6.61. The number of nitrogens with zero attached hydrogens (tertiary/aromatic N) is 1. The SMILES string of the molecule is CC(O)CNc1cnccc1C(=O)O. The van der Waals surface area contributed by atoms with Crippen molar-refractivity contribution in [3.63, 3.8) is 0 Å². The number of aromatic carboxylic acids is 1. The Morgan fingerprint density at radius 3 is 3.00 bits per heavy atom. The topological polar surface area (TPSA) is 82.5 Å². The van der Waals surface area contributed by atoms with Crippen molar-refractivity contribution in [3.05, 3.63) is 24.0 Å². The molecule has 1 atom stereocenters. The number of hydrogen-bond acceptors (Lipinski definition) is 4. The summed E-state index contributed by atoms with van der Waals surface area (Å²) in [5.74, 6) is -1.01. The number of carbonyl (C=O) groups is 1. The first-order valence-electron chi connectivity index (χ1n) is 4.20. The van der Waals surface area contributed by atoms with Crippen molar-refractivity contribution in [1.29, 1.82) is 0 Å². The standard InChI is InChI=1S/C9H12N2O3/c1-6(12)4-11-8-5-10-3-2-7(8)9(13)14/h2-3,5-6,11-12H,4H2,1H3,(H,13,14). The third kappa shape index (κ3) is 2.70. The van der Waals surface area contributed by atoms with E-state index in [0.717, 1.165) is 0 Å². The van der Waals surface area contributed by atoms with Gasteiger partial charge in [0.15, 0.2) is 0 Å². The zero-order chi connectivity index (χ0) is 10.6. The lowest BCUT2D eigenvalue weighted by atomic mass is 10.2. The van der Waals surface area contributed by atoms with E-state index < -0.39 is 12.1 Å². The van der Waals surface area contributed by atoms with Gasteiger partial charge in [0.25, 0.3) is 0 Å². The smallest absolute Gasteiger partial charge is 0.337 e. The Morgan fingerprint density at radius 1 is 1.71 bits per heavy atom. The van der Waals surface area contributed by atoms with Gasteiger partial charge in [-0.05, 0) is 13.0 Å². The molecule has 14 heavy (non-hydrogen) atoms. The molecule has 76 valence electrons. The third-order valence-corrected chi connectivity index (χ3v) is 1.64. The second-order valence-electron chi connectivity index (χ2n) is 2.96. The van der Waals surface area contributed by atoms with Crippen molar-refractivity contribution in [2.45, 2.75) is 13.0 Å². The molecule has 1 aromatic rings. The van der Waals surface area contributed by atoms with Crippen molar-refractivity contribution < 1.29 is 15.0 Å². The molecule has 1 unspecified atom stereocenters. The number of pyridine rings is 1. The predicted octanol–water partition coefficient (Wildman–Crippen LogP) is 0.573. The van der Waals surface area contributed by atoms with Crippen LogP contribution in [0.1, 0.15) is 17.3 Å². The highest BCUT2D eigenvalue weighted by molar-refractivity contribution is 5.93. The fourth-order valence-corrected chi connectivity index (χ4v) is 0.979. The van der Waals surface area contributed by atoms with Gasteiger partial charge in [-0.2, -0.15) is 0 Å². The van der Waals surface area contributed by atoms with E-state index >= 15 is 0 Å². The van der Waals surface area contributed by atoms with E-state index in [2.05, 4.69) is 10.3 Å². The highest BCUT2D eigenvalue weighted by Gasteiger charge is 2.09. The average molecular weight is 196 g/mol. The molecular formula is C9H12N2O3. The van der Waals surface area contributed by atoms with Crippen LogP contribution in [-0.2, 0) is 0 Å². The number of hydrogen-bond donors (Lipinski definition) is 3. The molecule has 5 nitrogen and oxygen atoms in total. The van der Waals surface area contributed by atoms with Crippen LogP contribution < -0.4 is 5.32 Å². The maximum absolute atomic E-state index is 10.7. The predicted molar refractivity (Wildman–Crippen MR) is 51.4 cm³/mol. The normalized spacial score (nSPS) is 12.1. The molecule has 0 radical (unpaired) electrons. The zero-order valence-electron chi connectivity index (χ0n) is 7.77. The lowest BCUT2D eigenvalue weighted by Crippen LogP contribution is -2.17. The fraction of sp³-hybridized carbons (Fsp3) is 0.333. The Balaban J connectivity index is 2.79. The molecule has 0 spiro atoms. The summed E-state index contributed by atoms with van der Waals surface area (Å²) in [6, 6.07) is 1.41. The first-order valence-corrected chi connectivity index (χ1v) is 4.20. The van der Waals surface area contributed by atoms with Crippen molar-refractivity contribution in [3.8, 4) is 0 Å². The molecule has 1 heterocycles. The van der Waals surface area contributed by atoms with Crippen LogP contribution in [0.3, 0.4) is 0 Å². The van der Waals surface area contributed by atoms with Gasteiger partial charge >= 0.3 is 5.97 Å². The molecule has 0 bridgehead atoms. The Bertz CT molecular complexity index is 326. The van der Waals surface area contributed by atoms with Gasteiger partial charge in [-0.3, -0.25) is 4.98 Å². The monoisotopic (exact) mass is 196 g/mol. The van der Waals surface area contributed by atoms with Gasteiger partial charge in [0, 0.05) is 12.7 Å². The maximum Gasteiger partial charge on any atom is 0.337 e. The average Bonchev–Trinajstić information content (AvgIpc) is 2.15. The Kier molecular flexibility index (Phi) is 3.41. The van der Waals surface area contributed by atoms with Crippen molar-refractivity contribution >= 4 is 11.7 Å². The second kappa shape index (κ2) is 4.57. The van der Waals surface area contributed by atoms with Gasteiger partial charge in [-0.1, -0.05) is 0 Å². The molecule has 0 aliphatic rings. The number of carboxylic acid groups (broad SMARTS) is 1. The lowest BCUT2D eigenvalue weighted by Gasteiger charge is -2.09. The van der Waals surface area contributed by atoms with Crippen molar-refractivity contribution in [2.24, 2.45) is 0 Å². The highest BCUT2D eigenvalue weighted by Crippen LogP contribution is 2.12. The Hall–Kier alpha value is -1.62. The summed E-state index contributed by atoms with van der Waals surface area (Å²) in [6.45, 7) is 1.91. The summed E-state index contributed by atoms with van der Waals surface area (Å²) in [5.41, 5.74) is 0.571. The number of anilines is 1. The van der Waals surface area contributed by atoms with E-state index in [9.17, 15) is 4.79 Å². The van der Waals surface area contributed by atoms with E-state index in [-0.39, 0.29) is 5.56 Å². The largest absolute Gasteiger partial charge is 0.478 e. The molecule has 3 N–H and O–H groups in total. The fourth-order valence-electron chi connectivity index (χ4n) is 0.979. The molecule has 0 aliphatic carbocycles. The molecule has 0 saturated carbocycles. The second-order valence-corrected chi connectivity index (χ2v) is 2.96. The van der Waals surface area contributed by atoms with Crippen LogP contribution in [0.4, 0.5) is 5.69 Å². The molecule has 0 amide bonds. The summed E-state index contributed by atoms with van der Waals surface area (Å²) in [5, 5.41) is 20.6. The van der Waals surface area contributed by atoms with Crippen LogP contribution in [0.2, 0.25) is 0 Å². The van der Waals surface area contributed by atoms with Crippen LogP contribution in [0.25, 0.3) is 0 Å². The number of aromatic nitrogens is 1. The number of rotatable bonds is 4. The van der Waals surface area contributed by atoms with Crippen LogP contribution in [-0.4, -0.2) is 33.8 Å². The number of carboxylic acids is 1. The molecule has 0 saturated heterocycles. The molecule has 1 rings (SSSR count). The van der Waals surface area contributed by atoms with Gasteiger partial charge in [-0.15, -0.1) is 0 Å². The first kappa shape index (κ1) is 10.5. The van der Waals surface area contributed by atoms with Gasteiger partial charge in [0.05, 0.1) is 23.6 Å². The number of nitrogens with one attached hydrogen (secondary N) is 1.